The predicted octanol–water partition coefficient (Wildman–Crippen LogP) is 2.56. The maximum atomic E-state index is 12.1. The van der Waals surface area contributed by atoms with E-state index in [9.17, 15) is 9.59 Å². The number of hydrogen-bond donors (Lipinski definition) is 2. The fourth-order valence-electron chi connectivity index (χ4n) is 3.45. The van der Waals surface area contributed by atoms with Gasteiger partial charge in [-0.05, 0) is 44.3 Å². The molecule has 1 aliphatic rings. The maximum Gasteiger partial charge on any atom is 0.220 e. The molecule has 140 valence electrons. The van der Waals surface area contributed by atoms with E-state index in [2.05, 4.69) is 43.2 Å². The third-order valence-electron chi connectivity index (χ3n) is 5.50. The van der Waals surface area contributed by atoms with Crippen molar-refractivity contribution in [2.45, 2.75) is 72.3 Å². The number of nitrogens with zero attached hydrogens (tertiary/aromatic N) is 1. The van der Waals surface area contributed by atoms with Crippen LogP contribution in [0.5, 0.6) is 0 Å². The Kier molecular flexibility index (Phi) is 9.99. The highest BCUT2D eigenvalue weighted by Crippen LogP contribution is 2.29. The van der Waals surface area contributed by atoms with Gasteiger partial charge in [-0.15, -0.1) is 0 Å². The summed E-state index contributed by atoms with van der Waals surface area (Å²) in [6, 6.07) is 0.276. The highest BCUT2D eigenvalue weighted by Gasteiger charge is 2.27. The van der Waals surface area contributed by atoms with Crippen LogP contribution in [0.2, 0.25) is 0 Å². The summed E-state index contributed by atoms with van der Waals surface area (Å²) in [6.07, 6.45) is 5.03. The first-order valence-corrected chi connectivity index (χ1v) is 9.76. The first-order chi connectivity index (χ1) is 11.5. The van der Waals surface area contributed by atoms with Crippen molar-refractivity contribution < 1.29 is 9.59 Å². The van der Waals surface area contributed by atoms with E-state index in [0.29, 0.717) is 24.8 Å². The molecule has 0 saturated heterocycles. The van der Waals surface area contributed by atoms with Crippen LogP contribution in [0.15, 0.2) is 0 Å². The van der Waals surface area contributed by atoms with Crippen molar-refractivity contribution in [3.8, 4) is 0 Å². The molecule has 1 fully saturated rings. The smallest absolute Gasteiger partial charge is 0.220 e. The third-order valence-corrected chi connectivity index (χ3v) is 5.50. The summed E-state index contributed by atoms with van der Waals surface area (Å²) in [4.78, 5) is 26.2. The summed E-state index contributed by atoms with van der Waals surface area (Å²) in [7, 11) is 0. The van der Waals surface area contributed by atoms with Gasteiger partial charge in [0.2, 0.25) is 11.8 Å². The summed E-state index contributed by atoms with van der Waals surface area (Å²) >= 11 is 0. The van der Waals surface area contributed by atoms with Crippen LogP contribution in [-0.2, 0) is 9.59 Å². The summed E-state index contributed by atoms with van der Waals surface area (Å²) in [5.74, 6) is 1.18. The first kappa shape index (κ1) is 20.9. The zero-order valence-electron chi connectivity index (χ0n) is 16.1. The Hall–Kier alpha value is -1.10. The number of hydrogen-bond acceptors (Lipinski definition) is 3. The van der Waals surface area contributed by atoms with Crippen molar-refractivity contribution in [1.29, 1.82) is 0 Å². The van der Waals surface area contributed by atoms with Gasteiger partial charge in [0, 0.05) is 25.4 Å². The second kappa shape index (κ2) is 11.5. The molecule has 0 spiro atoms. The minimum Gasteiger partial charge on any atom is -0.356 e. The Morgan fingerprint density at radius 1 is 1.04 bits per heavy atom. The lowest BCUT2D eigenvalue weighted by Gasteiger charge is -2.34. The fourth-order valence-corrected chi connectivity index (χ4v) is 3.45. The summed E-state index contributed by atoms with van der Waals surface area (Å²) in [5, 5.41) is 6.04. The van der Waals surface area contributed by atoms with Crippen LogP contribution in [0.4, 0.5) is 0 Å². The van der Waals surface area contributed by atoms with E-state index < -0.39 is 0 Å². The summed E-state index contributed by atoms with van der Waals surface area (Å²) in [6.45, 7) is 12.6. The molecular formula is C19H37N3O2. The van der Waals surface area contributed by atoms with E-state index in [1.54, 1.807) is 0 Å². The average Bonchev–Trinajstić information content (AvgIpc) is 2.57. The van der Waals surface area contributed by atoms with Crippen molar-refractivity contribution in [2.75, 3.05) is 26.2 Å². The molecule has 1 rings (SSSR count). The highest BCUT2D eigenvalue weighted by molar-refractivity contribution is 5.83. The molecule has 0 unspecified atom stereocenters. The lowest BCUT2D eigenvalue weighted by molar-refractivity contribution is -0.127. The second-order valence-corrected chi connectivity index (χ2v) is 7.17. The molecule has 5 heteroatoms. The van der Waals surface area contributed by atoms with Crippen LogP contribution >= 0.6 is 0 Å². The second-order valence-electron chi connectivity index (χ2n) is 7.17. The number of carbonyl (C=O) groups is 2. The highest BCUT2D eigenvalue weighted by atomic mass is 16.2. The quantitative estimate of drug-likeness (QED) is 0.601. The third kappa shape index (κ3) is 7.65. The van der Waals surface area contributed by atoms with Crippen LogP contribution < -0.4 is 10.6 Å². The minimum absolute atomic E-state index is 0.0132. The lowest BCUT2D eigenvalue weighted by atomic mass is 9.78. The minimum atomic E-state index is -0.0187. The SMILES string of the molecule is CCN(CC)CCCNC(=O)CCC(=O)N[C@H]1CCC[C@H](C)[C@@H]1C. The van der Waals surface area contributed by atoms with E-state index >= 15 is 0 Å². The van der Waals surface area contributed by atoms with E-state index in [1.165, 1.54) is 12.8 Å². The normalized spacial score (nSPS) is 24.0. The molecule has 0 aliphatic heterocycles. The molecule has 3 atom stereocenters. The number of carbonyl (C=O) groups excluding carboxylic acids is 2. The molecule has 0 radical (unpaired) electrons. The zero-order chi connectivity index (χ0) is 17.9. The predicted molar refractivity (Wildman–Crippen MR) is 98.8 cm³/mol. The molecule has 0 aromatic rings. The van der Waals surface area contributed by atoms with Crippen LogP contribution in [0.25, 0.3) is 0 Å². The van der Waals surface area contributed by atoms with Gasteiger partial charge in [0.15, 0.2) is 0 Å². The number of amides is 2. The Balaban J connectivity index is 2.14. The molecule has 0 aromatic heterocycles. The van der Waals surface area contributed by atoms with Crippen molar-refractivity contribution in [1.82, 2.24) is 15.5 Å². The van der Waals surface area contributed by atoms with Gasteiger partial charge in [0.1, 0.15) is 0 Å². The maximum absolute atomic E-state index is 12.1. The molecule has 1 saturated carbocycles. The van der Waals surface area contributed by atoms with Gasteiger partial charge in [-0.3, -0.25) is 9.59 Å². The van der Waals surface area contributed by atoms with E-state index in [0.717, 1.165) is 32.5 Å². The average molecular weight is 340 g/mol. The van der Waals surface area contributed by atoms with Gasteiger partial charge in [-0.25, -0.2) is 0 Å². The first-order valence-electron chi connectivity index (χ1n) is 9.76. The summed E-state index contributed by atoms with van der Waals surface area (Å²) in [5.41, 5.74) is 0. The van der Waals surface area contributed by atoms with Crippen molar-refractivity contribution in [3.05, 3.63) is 0 Å². The molecule has 2 N–H and O–H groups in total. The van der Waals surface area contributed by atoms with Gasteiger partial charge in [-0.2, -0.15) is 0 Å². The largest absolute Gasteiger partial charge is 0.356 e. The molecule has 2 amide bonds. The summed E-state index contributed by atoms with van der Waals surface area (Å²) < 4.78 is 0. The Morgan fingerprint density at radius 2 is 1.71 bits per heavy atom. The van der Waals surface area contributed by atoms with Crippen molar-refractivity contribution in [2.24, 2.45) is 11.8 Å². The van der Waals surface area contributed by atoms with Gasteiger partial charge in [-0.1, -0.05) is 40.5 Å². The van der Waals surface area contributed by atoms with Gasteiger partial charge in [0.25, 0.3) is 0 Å². The van der Waals surface area contributed by atoms with Crippen LogP contribution in [0.1, 0.15) is 66.2 Å². The molecule has 24 heavy (non-hydrogen) atoms. The van der Waals surface area contributed by atoms with Crippen LogP contribution in [0, 0.1) is 11.8 Å². The molecule has 0 aromatic carbocycles. The molecule has 0 bridgehead atoms. The van der Waals surface area contributed by atoms with Gasteiger partial charge in [0.05, 0.1) is 0 Å². The zero-order valence-corrected chi connectivity index (χ0v) is 16.1. The Labute approximate surface area is 147 Å². The monoisotopic (exact) mass is 339 g/mol. The van der Waals surface area contributed by atoms with Crippen molar-refractivity contribution >= 4 is 11.8 Å². The molecule has 0 heterocycles. The topological polar surface area (TPSA) is 61.4 Å². The van der Waals surface area contributed by atoms with E-state index in [1.807, 2.05) is 0 Å². The standard InChI is InChI=1S/C19H37N3O2/c1-5-22(6-2)14-8-13-20-18(23)11-12-19(24)21-17-10-7-9-15(3)16(17)4/h15-17H,5-14H2,1-4H3,(H,20,23)(H,21,24)/t15-,16-,17-/m0/s1. The lowest BCUT2D eigenvalue weighted by Crippen LogP contribution is -2.44. The molecular weight excluding hydrogens is 302 g/mol. The van der Waals surface area contributed by atoms with Crippen LogP contribution in [0.3, 0.4) is 0 Å². The fraction of sp³-hybridized carbons (Fsp3) is 0.895. The van der Waals surface area contributed by atoms with E-state index in [4.69, 9.17) is 0 Å². The molecule has 5 nitrogen and oxygen atoms in total. The number of nitrogens with one attached hydrogen (secondary N) is 2. The van der Waals surface area contributed by atoms with E-state index in [-0.39, 0.29) is 24.3 Å². The Bertz CT molecular complexity index is 383. The van der Waals surface area contributed by atoms with Crippen molar-refractivity contribution in [3.63, 3.8) is 0 Å². The van der Waals surface area contributed by atoms with Gasteiger partial charge >= 0.3 is 0 Å². The molecule has 1 aliphatic carbocycles. The Morgan fingerprint density at radius 3 is 2.38 bits per heavy atom. The van der Waals surface area contributed by atoms with Crippen LogP contribution in [-0.4, -0.2) is 48.9 Å². The number of rotatable bonds is 10. The van der Waals surface area contributed by atoms with Gasteiger partial charge < -0.3 is 15.5 Å².